The van der Waals surface area contributed by atoms with Crippen molar-refractivity contribution in [2.75, 3.05) is 19.0 Å². The standard InChI is InChI=1S/C19H18ClN3O4S/c1-4-27-19(25)16-10(2)15-17(21-12-7-5-6-11(20)8-12)22-13(9-14(24)26-3)23-18(15)28-16/h5-8H,4,9H2,1-3H3,(H,21,22,23). The Hall–Kier alpha value is -2.71. The van der Waals surface area contributed by atoms with Crippen LogP contribution in [0.5, 0.6) is 0 Å². The van der Waals surface area contributed by atoms with E-state index in [1.54, 1.807) is 19.1 Å². The summed E-state index contributed by atoms with van der Waals surface area (Å²) in [4.78, 5) is 33.9. The van der Waals surface area contributed by atoms with Crippen molar-refractivity contribution < 1.29 is 19.1 Å². The average molecular weight is 420 g/mol. The van der Waals surface area contributed by atoms with Crippen molar-refractivity contribution in [2.45, 2.75) is 20.3 Å². The Morgan fingerprint density at radius 2 is 2.07 bits per heavy atom. The van der Waals surface area contributed by atoms with Crippen molar-refractivity contribution in [3.05, 3.63) is 45.6 Å². The van der Waals surface area contributed by atoms with E-state index in [0.29, 0.717) is 37.3 Å². The molecule has 9 heteroatoms. The maximum Gasteiger partial charge on any atom is 0.348 e. The van der Waals surface area contributed by atoms with Gasteiger partial charge in [0.1, 0.15) is 27.8 Å². The molecule has 0 unspecified atom stereocenters. The number of hydrogen-bond acceptors (Lipinski definition) is 8. The molecule has 3 aromatic rings. The monoisotopic (exact) mass is 419 g/mol. The smallest absolute Gasteiger partial charge is 0.348 e. The molecule has 0 saturated carbocycles. The third kappa shape index (κ3) is 4.23. The molecular formula is C19H18ClN3O4S. The number of carbonyl (C=O) groups is 2. The summed E-state index contributed by atoms with van der Waals surface area (Å²) >= 11 is 7.27. The van der Waals surface area contributed by atoms with E-state index in [0.717, 1.165) is 5.69 Å². The highest BCUT2D eigenvalue weighted by molar-refractivity contribution is 7.20. The van der Waals surface area contributed by atoms with Gasteiger partial charge in [-0.3, -0.25) is 4.79 Å². The van der Waals surface area contributed by atoms with Crippen LogP contribution in [0.2, 0.25) is 5.02 Å². The normalized spacial score (nSPS) is 10.7. The predicted molar refractivity (Wildman–Crippen MR) is 109 cm³/mol. The number of esters is 2. The van der Waals surface area contributed by atoms with Crippen LogP contribution in [0.4, 0.5) is 11.5 Å². The zero-order valence-corrected chi connectivity index (χ0v) is 17.1. The number of methoxy groups -OCH3 is 1. The van der Waals surface area contributed by atoms with E-state index < -0.39 is 11.9 Å². The van der Waals surface area contributed by atoms with Crippen LogP contribution in [0.3, 0.4) is 0 Å². The molecule has 0 aliphatic carbocycles. The van der Waals surface area contributed by atoms with Crippen LogP contribution < -0.4 is 5.32 Å². The summed E-state index contributed by atoms with van der Waals surface area (Å²) in [5.74, 6) is -0.0887. The van der Waals surface area contributed by atoms with Crippen LogP contribution in [0.1, 0.15) is 28.0 Å². The van der Waals surface area contributed by atoms with Crippen molar-refractivity contribution in [3.8, 4) is 0 Å². The summed E-state index contributed by atoms with van der Waals surface area (Å²) < 4.78 is 9.85. The lowest BCUT2D eigenvalue weighted by molar-refractivity contribution is -0.139. The molecule has 2 heterocycles. The number of halogens is 1. The number of carbonyl (C=O) groups excluding carboxylic acids is 2. The van der Waals surface area contributed by atoms with Crippen molar-refractivity contribution in [3.63, 3.8) is 0 Å². The number of rotatable bonds is 6. The number of aromatic nitrogens is 2. The molecule has 146 valence electrons. The topological polar surface area (TPSA) is 90.4 Å². The number of fused-ring (bicyclic) bond motifs is 1. The van der Waals surface area contributed by atoms with Gasteiger partial charge in [-0.05, 0) is 37.6 Å². The summed E-state index contributed by atoms with van der Waals surface area (Å²) in [6.45, 7) is 3.85. The van der Waals surface area contributed by atoms with Gasteiger partial charge in [-0.25, -0.2) is 14.8 Å². The Bertz CT molecular complexity index is 1050. The number of nitrogens with one attached hydrogen (secondary N) is 1. The minimum atomic E-state index is -0.452. The largest absolute Gasteiger partial charge is 0.469 e. The molecule has 0 spiro atoms. The van der Waals surface area contributed by atoms with Gasteiger partial charge in [0.25, 0.3) is 0 Å². The number of ether oxygens (including phenoxy) is 2. The Kier molecular flexibility index (Phi) is 6.11. The summed E-state index contributed by atoms with van der Waals surface area (Å²) in [6, 6.07) is 7.17. The van der Waals surface area contributed by atoms with Crippen molar-refractivity contribution in [1.82, 2.24) is 9.97 Å². The van der Waals surface area contributed by atoms with Crippen LogP contribution >= 0.6 is 22.9 Å². The molecule has 7 nitrogen and oxygen atoms in total. The second-order valence-corrected chi connectivity index (χ2v) is 7.27. The Morgan fingerprint density at radius 3 is 2.75 bits per heavy atom. The quantitative estimate of drug-likeness (QED) is 0.596. The van der Waals surface area contributed by atoms with E-state index in [1.165, 1.54) is 18.4 Å². The molecule has 1 aromatic carbocycles. The summed E-state index contributed by atoms with van der Waals surface area (Å²) in [5, 5.41) is 4.48. The second kappa shape index (κ2) is 8.53. The number of aryl methyl sites for hydroxylation is 1. The first-order chi connectivity index (χ1) is 13.4. The third-order valence-electron chi connectivity index (χ3n) is 3.91. The summed E-state index contributed by atoms with van der Waals surface area (Å²) in [6.07, 6.45) is -0.0810. The molecule has 0 aliphatic rings. The maximum absolute atomic E-state index is 12.3. The van der Waals surface area contributed by atoms with Crippen LogP contribution in [0.25, 0.3) is 10.2 Å². The van der Waals surface area contributed by atoms with E-state index in [9.17, 15) is 9.59 Å². The van der Waals surface area contributed by atoms with Crippen molar-refractivity contribution in [2.24, 2.45) is 0 Å². The Labute approximate surface area is 170 Å². The molecule has 3 rings (SSSR count). The van der Waals surface area contributed by atoms with Crippen molar-refractivity contribution in [1.29, 1.82) is 0 Å². The number of thiophene rings is 1. The highest BCUT2D eigenvalue weighted by Crippen LogP contribution is 2.35. The van der Waals surface area contributed by atoms with E-state index in [2.05, 4.69) is 15.3 Å². The van der Waals surface area contributed by atoms with Crippen molar-refractivity contribution >= 4 is 56.6 Å². The maximum atomic E-state index is 12.3. The van der Waals surface area contributed by atoms with Gasteiger partial charge < -0.3 is 14.8 Å². The molecule has 0 aliphatic heterocycles. The molecule has 28 heavy (non-hydrogen) atoms. The zero-order valence-electron chi connectivity index (χ0n) is 15.5. The van der Waals surface area contributed by atoms with Gasteiger partial charge in [0, 0.05) is 10.7 Å². The fraction of sp³-hybridized carbons (Fsp3) is 0.263. The average Bonchev–Trinajstić information content (AvgIpc) is 2.98. The molecule has 0 amide bonds. The minimum Gasteiger partial charge on any atom is -0.469 e. The molecule has 0 bridgehead atoms. The third-order valence-corrected chi connectivity index (χ3v) is 5.32. The second-order valence-electron chi connectivity index (χ2n) is 5.83. The van der Waals surface area contributed by atoms with Gasteiger partial charge in [0.05, 0.1) is 19.1 Å². The molecular weight excluding hydrogens is 402 g/mol. The fourth-order valence-electron chi connectivity index (χ4n) is 2.65. The highest BCUT2D eigenvalue weighted by Gasteiger charge is 2.22. The predicted octanol–water partition coefficient (Wildman–Crippen LogP) is 4.29. The lowest BCUT2D eigenvalue weighted by atomic mass is 10.2. The Balaban J connectivity index is 2.14. The zero-order chi connectivity index (χ0) is 20.3. The summed E-state index contributed by atoms with van der Waals surface area (Å²) in [7, 11) is 1.31. The molecule has 1 N–H and O–H groups in total. The van der Waals surface area contributed by atoms with Gasteiger partial charge in [-0.15, -0.1) is 11.3 Å². The lowest BCUT2D eigenvalue weighted by Gasteiger charge is -2.10. The first-order valence-electron chi connectivity index (χ1n) is 8.49. The van der Waals surface area contributed by atoms with Crippen LogP contribution in [0.15, 0.2) is 24.3 Å². The summed E-state index contributed by atoms with van der Waals surface area (Å²) in [5.41, 5.74) is 1.44. The SMILES string of the molecule is CCOC(=O)c1sc2nc(CC(=O)OC)nc(Nc3cccc(Cl)c3)c2c1C. The lowest BCUT2D eigenvalue weighted by Crippen LogP contribution is -2.09. The van der Waals surface area contributed by atoms with Gasteiger partial charge in [0.15, 0.2) is 0 Å². The number of nitrogens with zero attached hydrogens (tertiary/aromatic N) is 2. The van der Waals surface area contributed by atoms with E-state index in [-0.39, 0.29) is 13.0 Å². The highest BCUT2D eigenvalue weighted by atomic mass is 35.5. The van der Waals surface area contributed by atoms with E-state index >= 15 is 0 Å². The molecule has 0 fully saturated rings. The molecule has 0 atom stereocenters. The number of anilines is 2. The van der Waals surface area contributed by atoms with Crippen LogP contribution in [-0.4, -0.2) is 35.6 Å². The minimum absolute atomic E-state index is 0.0810. The number of hydrogen-bond donors (Lipinski definition) is 1. The molecule has 0 radical (unpaired) electrons. The fourth-order valence-corrected chi connectivity index (χ4v) is 3.93. The van der Waals surface area contributed by atoms with Gasteiger partial charge in [0.2, 0.25) is 0 Å². The first kappa shape index (κ1) is 20.0. The van der Waals surface area contributed by atoms with Gasteiger partial charge >= 0.3 is 11.9 Å². The van der Waals surface area contributed by atoms with Gasteiger partial charge in [-0.2, -0.15) is 0 Å². The van der Waals surface area contributed by atoms with Crippen LogP contribution in [-0.2, 0) is 20.7 Å². The first-order valence-corrected chi connectivity index (χ1v) is 9.69. The number of benzene rings is 1. The molecule has 2 aromatic heterocycles. The Morgan fingerprint density at radius 1 is 1.29 bits per heavy atom. The van der Waals surface area contributed by atoms with Crippen LogP contribution in [0, 0.1) is 6.92 Å². The van der Waals surface area contributed by atoms with Gasteiger partial charge in [-0.1, -0.05) is 17.7 Å². The van der Waals surface area contributed by atoms with E-state index in [1.807, 2.05) is 19.1 Å². The van der Waals surface area contributed by atoms with E-state index in [4.69, 9.17) is 21.1 Å². The molecule has 0 saturated heterocycles.